The molecule has 2 heterocycles. The first kappa shape index (κ1) is 18.1. The third-order valence-corrected chi connectivity index (χ3v) is 4.20. The van der Waals surface area contributed by atoms with Crippen molar-refractivity contribution >= 4 is 17.7 Å². The SMILES string of the molecule is CC(C)CCc1c(O)nc(SCC(=O)NCc2ccco2)[nH]c1=O. The predicted molar refractivity (Wildman–Crippen MR) is 91.0 cm³/mol. The van der Waals surface area contributed by atoms with Gasteiger partial charge in [-0.1, -0.05) is 25.6 Å². The van der Waals surface area contributed by atoms with E-state index in [1.165, 1.54) is 6.26 Å². The molecule has 2 aromatic rings. The van der Waals surface area contributed by atoms with Gasteiger partial charge in [0.1, 0.15) is 5.76 Å². The summed E-state index contributed by atoms with van der Waals surface area (Å²) < 4.78 is 5.12. The lowest BCUT2D eigenvalue weighted by atomic mass is 10.0. The van der Waals surface area contributed by atoms with Gasteiger partial charge >= 0.3 is 0 Å². The maximum Gasteiger partial charge on any atom is 0.258 e. The number of hydrogen-bond donors (Lipinski definition) is 3. The van der Waals surface area contributed by atoms with Gasteiger partial charge in [0.25, 0.3) is 5.56 Å². The van der Waals surface area contributed by atoms with Gasteiger partial charge in [-0.3, -0.25) is 9.59 Å². The summed E-state index contributed by atoms with van der Waals surface area (Å²) in [6, 6.07) is 3.51. The monoisotopic (exact) mass is 351 g/mol. The molecule has 0 radical (unpaired) electrons. The van der Waals surface area contributed by atoms with Crippen molar-refractivity contribution in [1.29, 1.82) is 0 Å². The zero-order valence-electron chi connectivity index (χ0n) is 13.7. The van der Waals surface area contributed by atoms with Crippen LogP contribution in [0.4, 0.5) is 0 Å². The van der Waals surface area contributed by atoms with Crippen LogP contribution in [0.1, 0.15) is 31.6 Å². The van der Waals surface area contributed by atoms with E-state index < -0.39 is 0 Å². The lowest BCUT2D eigenvalue weighted by molar-refractivity contribution is -0.118. The minimum absolute atomic E-state index is 0.0778. The summed E-state index contributed by atoms with van der Waals surface area (Å²) in [6.07, 6.45) is 2.80. The number of aromatic amines is 1. The number of hydrogen-bond acceptors (Lipinski definition) is 6. The minimum Gasteiger partial charge on any atom is -0.493 e. The van der Waals surface area contributed by atoms with Crippen LogP contribution < -0.4 is 10.9 Å². The van der Waals surface area contributed by atoms with Gasteiger partial charge in [0.2, 0.25) is 11.8 Å². The van der Waals surface area contributed by atoms with E-state index in [0.717, 1.165) is 18.2 Å². The molecule has 2 aromatic heterocycles. The Bertz CT molecular complexity index is 725. The topological polar surface area (TPSA) is 108 Å². The Labute approximate surface area is 143 Å². The van der Waals surface area contributed by atoms with Crippen LogP contribution in [0.3, 0.4) is 0 Å². The van der Waals surface area contributed by atoms with Crippen molar-refractivity contribution in [1.82, 2.24) is 15.3 Å². The number of aromatic nitrogens is 2. The minimum atomic E-state index is -0.360. The maximum atomic E-state index is 12.0. The number of rotatable bonds is 8. The fraction of sp³-hybridized carbons (Fsp3) is 0.438. The van der Waals surface area contributed by atoms with Crippen LogP contribution in [-0.2, 0) is 17.8 Å². The van der Waals surface area contributed by atoms with Crippen LogP contribution in [0, 0.1) is 5.92 Å². The molecule has 0 aliphatic heterocycles. The smallest absolute Gasteiger partial charge is 0.258 e. The molecule has 1 amide bonds. The number of carbonyl (C=O) groups excluding carboxylic acids is 1. The molecule has 3 N–H and O–H groups in total. The first-order chi connectivity index (χ1) is 11.5. The first-order valence-corrected chi connectivity index (χ1v) is 8.68. The van der Waals surface area contributed by atoms with Crippen molar-refractivity contribution in [2.75, 3.05) is 5.75 Å². The van der Waals surface area contributed by atoms with Gasteiger partial charge in [-0.05, 0) is 30.9 Å². The number of furan rings is 1. The molecular weight excluding hydrogens is 330 g/mol. The second-order valence-electron chi connectivity index (χ2n) is 5.75. The molecule has 24 heavy (non-hydrogen) atoms. The quantitative estimate of drug-likeness (QED) is 0.496. The van der Waals surface area contributed by atoms with Crippen molar-refractivity contribution in [3.8, 4) is 5.88 Å². The van der Waals surface area contributed by atoms with Gasteiger partial charge < -0.3 is 19.8 Å². The summed E-state index contributed by atoms with van der Waals surface area (Å²) in [5.74, 6) is 0.678. The molecule has 0 bridgehead atoms. The fourth-order valence-electron chi connectivity index (χ4n) is 1.98. The third kappa shape index (κ3) is 5.45. The first-order valence-electron chi connectivity index (χ1n) is 7.69. The number of carbonyl (C=O) groups is 1. The highest BCUT2D eigenvalue weighted by Gasteiger charge is 2.13. The molecule has 0 fully saturated rings. The van der Waals surface area contributed by atoms with E-state index in [4.69, 9.17) is 4.42 Å². The predicted octanol–water partition coefficient (Wildman–Crippen LogP) is 2.07. The number of nitrogens with zero attached hydrogens (tertiary/aromatic N) is 1. The van der Waals surface area contributed by atoms with Gasteiger partial charge in [0.15, 0.2) is 5.16 Å². The van der Waals surface area contributed by atoms with E-state index in [-0.39, 0.29) is 33.8 Å². The Hall–Kier alpha value is -2.22. The standard InChI is InChI=1S/C16H21N3O4S/c1-10(2)5-6-12-14(21)18-16(19-15(12)22)24-9-13(20)17-8-11-4-3-7-23-11/h3-4,7,10H,5-6,8-9H2,1-2H3,(H,17,20)(H2,18,19,21,22). The maximum absolute atomic E-state index is 12.0. The number of aromatic hydroxyl groups is 1. The van der Waals surface area contributed by atoms with Crippen molar-refractivity contribution < 1.29 is 14.3 Å². The number of nitrogens with one attached hydrogen (secondary N) is 2. The highest BCUT2D eigenvalue weighted by Crippen LogP contribution is 2.18. The normalized spacial score (nSPS) is 11.0. The van der Waals surface area contributed by atoms with Crippen LogP contribution in [0.5, 0.6) is 5.88 Å². The lowest BCUT2D eigenvalue weighted by Gasteiger charge is -2.07. The summed E-state index contributed by atoms with van der Waals surface area (Å²) in [5.41, 5.74) is -0.0723. The largest absolute Gasteiger partial charge is 0.493 e. The van der Waals surface area contributed by atoms with E-state index in [2.05, 4.69) is 15.3 Å². The highest BCUT2D eigenvalue weighted by atomic mass is 32.2. The molecule has 0 atom stereocenters. The molecule has 8 heteroatoms. The molecule has 0 spiro atoms. The summed E-state index contributed by atoms with van der Waals surface area (Å²) in [4.78, 5) is 30.3. The third-order valence-electron chi connectivity index (χ3n) is 3.32. The van der Waals surface area contributed by atoms with Crippen molar-refractivity contribution in [3.05, 3.63) is 40.1 Å². The molecule has 2 rings (SSSR count). The van der Waals surface area contributed by atoms with Crippen molar-refractivity contribution in [2.24, 2.45) is 5.92 Å². The van der Waals surface area contributed by atoms with Crippen LogP contribution in [-0.4, -0.2) is 26.7 Å². The van der Waals surface area contributed by atoms with E-state index in [1.54, 1.807) is 12.1 Å². The van der Waals surface area contributed by atoms with E-state index in [0.29, 0.717) is 24.6 Å². The van der Waals surface area contributed by atoms with Gasteiger partial charge in [-0.2, -0.15) is 4.98 Å². The van der Waals surface area contributed by atoms with Gasteiger partial charge in [0.05, 0.1) is 24.1 Å². The Morgan fingerprint density at radius 1 is 1.50 bits per heavy atom. The van der Waals surface area contributed by atoms with Gasteiger partial charge in [-0.25, -0.2) is 0 Å². The lowest BCUT2D eigenvalue weighted by Crippen LogP contribution is -2.24. The molecule has 130 valence electrons. The van der Waals surface area contributed by atoms with E-state index >= 15 is 0 Å². The number of thioether (sulfide) groups is 1. The second-order valence-corrected chi connectivity index (χ2v) is 6.71. The molecule has 0 saturated heterocycles. The summed E-state index contributed by atoms with van der Waals surface area (Å²) in [5, 5.41) is 12.8. The highest BCUT2D eigenvalue weighted by molar-refractivity contribution is 7.99. The van der Waals surface area contributed by atoms with Crippen molar-refractivity contribution in [2.45, 2.75) is 38.4 Å². The Morgan fingerprint density at radius 3 is 2.92 bits per heavy atom. The van der Waals surface area contributed by atoms with Crippen molar-refractivity contribution in [3.63, 3.8) is 0 Å². The van der Waals surface area contributed by atoms with Crippen LogP contribution in [0.15, 0.2) is 32.8 Å². The average molecular weight is 351 g/mol. The van der Waals surface area contributed by atoms with Gasteiger partial charge in [-0.15, -0.1) is 0 Å². The van der Waals surface area contributed by atoms with E-state index in [1.807, 2.05) is 13.8 Å². The summed E-state index contributed by atoms with van der Waals surface area (Å²) in [6.45, 7) is 4.39. The Morgan fingerprint density at radius 2 is 2.29 bits per heavy atom. The number of amides is 1. The molecule has 0 saturated carbocycles. The molecule has 0 unspecified atom stereocenters. The Balaban J connectivity index is 1.88. The molecule has 7 nitrogen and oxygen atoms in total. The van der Waals surface area contributed by atoms with Crippen LogP contribution >= 0.6 is 11.8 Å². The van der Waals surface area contributed by atoms with Crippen LogP contribution in [0.25, 0.3) is 0 Å². The molecular formula is C16H21N3O4S. The van der Waals surface area contributed by atoms with Gasteiger partial charge in [0, 0.05) is 0 Å². The molecule has 0 aliphatic carbocycles. The average Bonchev–Trinajstić information content (AvgIpc) is 3.03. The van der Waals surface area contributed by atoms with E-state index in [9.17, 15) is 14.7 Å². The second kappa shape index (κ2) is 8.58. The zero-order valence-corrected chi connectivity index (χ0v) is 14.5. The zero-order chi connectivity index (χ0) is 17.5. The Kier molecular flexibility index (Phi) is 6.48. The fourth-order valence-corrected chi connectivity index (χ4v) is 2.66. The molecule has 0 aliphatic rings. The number of H-pyrrole nitrogens is 1. The summed E-state index contributed by atoms with van der Waals surface area (Å²) in [7, 11) is 0. The van der Waals surface area contributed by atoms with Crippen LogP contribution in [0.2, 0.25) is 0 Å². The molecule has 0 aromatic carbocycles. The summed E-state index contributed by atoms with van der Waals surface area (Å²) >= 11 is 1.06.